The number of benzene rings is 1. The molecule has 0 aliphatic rings. The molecule has 0 fully saturated rings. The van der Waals surface area contributed by atoms with Gasteiger partial charge in [0.25, 0.3) is 0 Å². The smallest absolute Gasteiger partial charge is 0.189 e. The normalized spacial score (nSPS) is 12.7. The second-order valence-corrected chi connectivity index (χ2v) is 3.94. The van der Waals surface area contributed by atoms with Gasteiger partial charge in [0.05, 0.1) is 13.2 Å². The van der Waals surface area contributed by atoms with E-state index in [2.05, 4.69) is 10.3 Å². The van der Waals surface area contributed by atoms with Gasteiger partial charge in [-0.15, -0.1) is 24.0 Å². The first kappa shape index (κ1) is 18.0. The molecule has 19 heavy (non-hydrogen) atoms. The summed E-state index contributed by atoms with van der Waals surface area (Å²) >= 11 is 0. The summed E-state index contributed by atoms with van der Waals surface area (Å²) in [7, 11) is 1.58. The Balaban J connectivity index is 0.00000324. The number of nitrogens with zero attached hydrogens (tertiary/aromatic N) is 1. The van der Waals surface area contributed by atoms with E-state index in [1.54, 1.807) is 7.11 Å². The van der Waals surface area contributed by atoms with E-state index < -0.39 is 11.6 Å². The lowest BCUT2D eigenvalue weighted by atomic mass is 10.2. The molecule has 1 unspecified atom stereocenters. The molecule has 1 rings (SSSR count). The van der Waals surface area contributed by atoms with E-state index in [4.69, 9.17) is 10.5 Å². The highest BCUT2D eigenvalue weighted by atomic mass is 127. The molecule has 0 aliphatic heterocycles. The Morgan fingerprint density at radius 2 is 2.16 bits per heavy atom. The molecule has 0 aromatic heterocycles. The second kappa shape index (κ2) is 9.03. The number of rotatable bonds is 5. The number of ether oxygens (including phenoxy) is 1. The van der Waals surface area contributed by atoms with Gasteiger partial charge >= 0.3 is 0 Å². The van der Waals surface area contributed by atoms with Crippen LogP contribution in [0.3, 0.4) is 0 Å². The molecule has 0 saturated heterocycles. The predicted octanol–water partition coefficient (Wildman–Crippen LogP) is 2.02. The van der Waals surface area contributed by atoms with E-state index in [1.165, 1.54) is 0 Å². The average molecular weight is 385 g/mol. The Labute approximate surface area is 128 Å². The van der Waals surface area contributed by atoms with Crippen LogP contribution in [-0.2, 0) is 11.3 Å². The molecule has 7 heteroatoms. The first-order valence-electron chi connectivity index (χ1n) is 5.52. The van der Waals surface area contributed by atoms with E-state index in [1.807, 2.05) is 6.92 Å². The molecule has 108 valence electrons. The van der Waals surface area contributed by atoms with E-state index >= 15 is 0 Å². The maximum atomic E-state index is 13.3. The van der Waals surface area contributed by atoms with Crippen LogP contribution >= 0.6 is 24.0 Å². The summed E-state index contributed by atoms with van der Waals surface area (Å²) in [6.45, 7) is 2.33. The number of nitrogens with two attached hydrogens (primary N) is 1. The van der Waals surface area contributed by atoms with Crippen LogP contribution in [0.5, 0.6) is 0 Å². The van der Waals surface area contributed by atoms with Crippen LogP contribution in [0.4, 0.5) is 8.78 Å². The Bertz CT molecular complexity index is 429. The van der Waals surface area contributed by atoms with Crippen LogP contribution in [0.15, 0.2) is 23.2 Å². The lowest BCUT2D eigenvalue weighted by Gasteiger charge is -2.13. The number of guanidine groups is 1. The van der Waals surface area contributed by atoms with Gasteiger partial charge in [-0.05, 0) is 25.1 Å². The van der Waals surface area contributed by atoms with Crippen LogP contribution in [0, 0.1) is 11.6 Å². The number of aliphatic imine (C=N–C) groups is 1. The summed E-state index contributed by atoms with van der Waals surface area (Å²) in [5.41, 5.74) is 5.77. The van der Waals surface area contributed by atoms with Crippen molar-refractivity contribution in [2.24, 2.45) is 10.7 Å². The molecule has 0 saturated carbocycles. The molecule has 0 aliphatic carbocycles. The highest BCUT2D eigenvalue weighted by molar-refractivity contribution is 14.0. The SMILES string of the molecule is COCC(C)NC(N)=NCc1cc(F)ccc1F.I. The maximum absolute atomic E-state index is 13.3. The molecule has 4 nitrogen and oxygen atoms in total. The molecule has 1 atom stereocenters. The minimum absolute atomic E-state index is 0. The van der Waals surface area contributed by atoms with Crippen molar-refractivity contribution < 1.29 is 13.5 Å². The summed E-state index contributed by atoms with van der Waals surface area (Å²) in [4.78, 5) is 3.94. The lowest BCUT2D eigenvalue weighted by molar-refractivity contribution is 0.179. The van der Waals surface area contributed by atoms with Crippen molar-refractivity contribution in [2.75, 3.05) is 13.7 Å². The van der Waals surface area contributed by atoms with Crippen molar-refractivity contribution in [3.8, 4) is 0 Å². The summed E-state index contributed by atoms with van der Waals surface area (Å²) in [5.74, 6) is -0.831. The summed E-state index contributed by atoms with van der Waals surface area (Å²) in [6.07, 6.45) is 0. The van der Waals surface area contributed by atoms with Gasteiger partial charge < -0.3 is 15.8 Å². The highest BCUT2D eigenvalue weighted by Crippen LogP contribution is 2.10. The zero-order valence-electron chi connectivity index (χ0n) is 10.8. The van der Waals surface area contributed by atoms with Crippen molar-refractivity contribution in [1.29, 1.82) is 0 Å². The standard InChI is InChI=1S/C12H17F2N3O.HI/c1-8(7-18-2)17-12(15)16-6-9-5-10(13)3-4-11(9)14;/h3-5,8H,6-7H2,1-2H3,(H3,15,16,17);1H. The van der Waals surface area contributed by atoms with Gasteiger partial charge in [-0.25, -0.2) is 13.8 Å². The zero-order chi connectivity index (χ0) is 13.5. The van der Waals surface area contributed by atoms with Crippen LogP contribution in [-0.4, -0.2) is 25.7 Å². The average Bonchev–Trinajstić information content (AvgIpc) is 2.30. The second-order valence-electron chi connectivity index (χ2n) is 3.94. The lowest BCUT2D eigenvalue weighted by Crippen LogP contribution is -2.40. The third-order valence-electron chi connectivity index (χ3n) is 2.24. The van der Waals surface area contributed by atoms with Gasteiger partial charge in [-0.2, -0.15) is 0 Å². The molecular formula is C12H18F2IN3O. The van der Waals surface area contributed by atoms with Gasteiger partial charge in [0.15, 0.2) is 5.96 Å². The zero-order valence-corrected chi connectivity index (χ0v) is 13.2. The van der Waals surface area contributed by atoms with E-state index in [0.29, 0.717) is 6.61 Å². The molecule has 0 heterocycles. The minimum atomic E-state index is -0.502. The van der Waals surface area contributed by atoms with Crippen molar-refractivity contribution in [2.45, 2.75) is 19.5 Å². The molecule has 0 bridgehead atoms. The van der Waals surface area contributed by atoms with Gasteiger partial charge in [-0.3, -0.25) is 0 Å². The Morgan fingerprint density at radius 3 is 2.79 bits per heavy atom. The number of nitrogens with one attached hydrogen (secondary N) is 1. The largest absolute Gasteiger partial charge is 0.383 e. The monoisotopic (exact) mass is 385 g/mol. The predicted molar refractivity (Wildman–Crippen MR) is 81.6 cm³/mol. The van der Waals surface area contributed by atoms with Crippen LogP contribution in [0.1, 0.15) is 12.5 Å². The number of hydrogen-bond donors (Lipinski definition) is 2. The van der Waals surface area contributed by atoms with Gasteiger partial charge in [0, 0.05) is 18.7 Å². The third kappa shape index (κ3) is 6.67. The Kier molecular flexibility index (Phi) is 8.57. The maximum Gasteiger partial charge on any atom is 0.189 e. The number of methoxy groups -OCH3 is 1. The molecule has 1 aromatic carbocycles. The molecule has 3 N–H and O–H groups in total. The molecule has 1 aromatic rings. The molecule has 0 amide bonds. The Morgan fingerprint density at radius 1 is 1.47 bits per heavy atom. The summed E-state index contributed by atoms with van der Waals surface area (Å²) in [5, 5.41) is 2.87. The molecular weight excluding hydrogens is 367 g/mol. The minimum Gasteiger partial charge on any atom is -0.383 e. The first-order valence-corrected chi connectivity index (χ1v) is 5.52. The summed E-state index contributed by atoms with van der Waals surface area (Å²) < 4.78 is 31.1. The highest BCUT2D eigenvalue weighted by Gasteiger charge is 2.04. The number of halogens is 3. The quantitative estimate of drug-likeness (QED) is 0.463. The van der Waals surface area contributed by atoms with E-state index in [0.717, 1.165) is 18.2 Å². The number of hydrogen-bond acceptors (Lipinski definition) is 2. The fraction of sp³-hybridized carbons (Fsp3) is 0.417. The fourth-order valence-corrected chi connectivity index (χ4v) is 1.42. The van der Waals surface area contributed by atoms with Crippen LogP contribution < -0.4 is 11.1 Å². The van der Waals surface area contributed by atoms with Crippen molar-refractivity contribution >= 4 is 29.9 Å². The van der Waals surface area contributed by atoms with Crippen LogP contribution in [0.25, 0.3) is 0 Å². The molecule has 0 radical (unpaired) electrons. The Hall–Kier alpha value is -0.960. The van der Waals surface area contributed by atoms with E-state index in [-0.39, 0.29) is 48.1 Å². The fourth-order valence-electron chi connectivity index (χ4n) is 1.42. The summed E-state index contributed by atoms with van der Waals surface area (Å²) in [6, 6.07) is 3.23. The van der Waals surface area contributed by atoms with Gasteiger partial charge in [-0.1, -0.05) is 0 Å². The first-order chi connectivity index (χ1) is 8.52. The topological polar surface area (TPSA) is 59.6 Å². The van der Waals surface area contributed by atoms with Crippen molar-refractivity contribution in [1.82, 2.24) is 5.32 Å². The molecule has 0 spiro atoms. The van der Waals surface area contributed by atoms with Gasteiger partial charge in [0.1, 0.15) is 11.6 Å². The van der Waals surface area contributed by atoms with Gasteiger partial charge in [0.2, 0.25) is 0 Å². The van der Waals surface area contributed by atoms with Crippen molar-refractivity contribution in [3.05, 3.63) is 35.4 Å². The third-order valence-corrected chi connectivity index (χ3v) is 2.24. The van der Waals surface area contributed by atoms with Crippen molar-refractivity contribution in [3.63, 3.8) is 0 Å². The van der Waals surface area contributed by atoms with E-state index in [9.17, 15) is 8.78 Å². The van der Waals surface area contributed by atoms with Crippen LogP contribution in [0.2, 0.25) is 0 Å².